The van der Waals surface area contributed by atoms with Gasteiger partial charge in [0.15, 0.2) is 11.3 Å². The first-order valence-corrected chi connectivity index (χ1v) is 11.8. The van der Waals surface area contributed by atoms with Crippen LogP contribution < -0.4 is 4.74 Å². The van der Waals surface area contributed by atoms with E-state index in [1.54, 1.807) is 26.2 Å². The fourth-order valence-electron chi connectivity index (χ4n) is 4.51. The zero-order valence-electron chi connectivity index (χ0n) is 20.1. The summed E-state index contributed by atoms with van der Waals surface area (Å²) in [6.07, 6.45) is -0.313. The predicted octanol–water partition coefficient (Wildman–Crippen LogP) is 6.27. The van der Waals surface area contributed by atoms with Crippen molar-refractivity contribution in [2.45, 2.75) is 38.3 Å². The molecule has 2 aromatic carbocycles. The van der Waals surface area contributed by atoms with Gasteiger partial charge in [0.2, 0.25) is 11.8 Å². The fraction of sp³-hybridized carbons (Fsp3) is 0.259. The molecule has 1 aliphatic carbocycles. The molecule has 37 heavy (non-hydrogen) atoms. The molecule has 7 nitrogen and oxygen atoms in total. The van der Waals surface area contributed by atoms with E-state index in [1.807, 2.05) is 30.3 Å². The lowest BCUT2D eigenvalue weighted by Gasteiger charge is -2.08. The highest BCUT2D eigenvalue weighted by Crippen LogP contribution is 2.46. The molecular formula is C27H22F3N5O2. The van der Waals surface area contributed by atoms with Crippen LogP contribution in [0.15, 0.2) is 59.3 Å². The molecule has 0 saturated heterocycles. The summed E-state index contributed by atoms with van der Waals surface area (Å²) in [5, 5.41) is 3.72. The molecule has 3 aromatic heterocycles. The lowest BCUT2D eigenvalue weighted by Crippen LogP contribution is -2.07. The summed E-state index contributed by atoms with van der Waals surface area (Å²) in [6.45, 7) is 1.60. The fourth-order valence-corrected chi connectivity index (χ4v) is 4.51. The van der Waals surface area contributed by atoms with Crippen LogP contribution in [0.25, 0.3) is 28.2 Å². The van der Waals surface area contributed by atoms with Gasteiger partial charge >= 0.3 is 6.18 Å². The lowest BCUT2D eigenvalue weighted by molar-refractivity contribution is -0.141. The Morgan fingerprint density at radius 3 is 2.54 bits per heavy atom. The van der Waals surface area contributed by atoms with E-state index in [2.05, 4.69) is 15.1 Å². The standard InChI is InChI=1S/C27H22F3N5O2/c1-15-12-21(27(28,29)30)34-35(15)19-10-6-16(7-11-19)13-18-4-3-5-20-24(18)37-26(33-20)22-23(17-8-9-17)31-14-32-25(22)36-2/h3-7,10-12,14,17H,8-9,13H2,1-2H3. The smallest absolute Gasteiger partial charge is 0.435 e. The SMILES string of the molecule is COc1ncnc(C2CC2)c1-c1nc2cccc(Cc3ccc(-n4nc(C(F)(F)F)cc4C)cc3)c2o1. The highest BCUT2D eigenvalue weighted by atomic mass is 19.4. The van der Waals surface area contributed by atoms with Crippen molar-refractivity contribution in [1.82, 2.24) is 24.7 Å². The molecule has 1 saturated carbocycles. The van der Waals surface area contributed by atoms with Crippen LogP contribution in [-0.2, 0) is 12.6 Å². The Bertz CT molecular complexity index is 1600. The summed E-state index contributed by atoms with van der Waals surface area (Å²) in [6, 6.07) is 14.1. The van der Waals surface area contributed by atoms with Crippen molar-refractivity contribution in [3.63, 3.8) is 0 Å². The van der Waals surface area contributed by atoms with Crippen LogP contribution in [0.1, 0.15) is 47.0 Å². The number of halogens is 3. The molecule has 0 bridgehead atoms. The summed E-state index contributed by atoms with van der Waals surface area (Å²) in [7, 11) is 1.56. The normalized spacial score (nSPS) is 13.9. The van der Waals surface area contributed by atoms with Crippen LogP contribution in [0.5, 0.6) is 5.88 Å². The molecular weight excluding hydrogens is 483 g/mol. The molecule has 0 spiro atoms. The molecule has 6 rings (SSSR count). The minimum Gasteiger partial charge on any atom is -0.480 e. The van der Waals surface area contributed by atoms with Crippen LogP contribution in [0, 0.1) is 6.92 Å². The van der Waals surface area contributed by atoms with Gasteiger partial charge in [-0.1, -0.05) is 24.3 Å². The van der Waals surface area contributed by atoms with E-state index in [4.69, 9.17) is 14.1 Å². The maximum atomic E-state index is 13.0. The molecule has 188 valence electrons. The Hall–Kier alpha value is -4.21. The van der Waals surface area contributed by atoms with E-state index in [0.29, 0.717) is 52.2 Å². The van der Waals surface area contributed by atoms with Crippen LogP contribution in [0.4, 0.5) is 13.2 Å². The number of alkyl halides is 3. The molecule has 0 unspecified atom stereocenters. The number of hydrogen-bond donors (Lipinski definition) is 0. The van der Waals surface area contributed by atoms with Crippen LogP contribution in [0.3, 0.4) is 0 Å². The predicted molar refractivity (Wildman–Crippen MR) is 130 cm³/mol. The molecule has 0 atom stereocenters. The first-order chi connectivity index (χ1) is 17.8. The number of nitrogens with zero attached hydrogens (tertiary/aromatic N) is 5. The van der Waals surface area contributed by atoms with Crippen LogP contribution >= 0.6 is 0 Å². The van der Waals surface area contributed by atoms with Crippen LogP contribution in [0.2, 0.25) is 0 Å². The monoisotopic (exact) mass is 505 g/mol. The van der Waals surface area contributed by atoms with E-state index in [9.17, 15) is 13.2 Å². The first-order valence-electron chi connectivity index (χ1n) is 11.8. The van der Waals surface area contributed by atoms with Gasteiger partial charge in [-0.15, -0.1) is 0 Å². The molecule has 0 amide bonds. The number of oxazole rings is 1. The largest absolute Gasteiger partial charge is 0.480 e. The summed E-state index contributed by atoms with van der Waals surface area (Å²) in [5.74, 6) is 1.21. The van der Waals surface area contributed by atoms with Crippen molar-refractivity contribution in [2.75, 3.05) is 7.11 Å². The third-order valence-corrected chi connectivity index (χ3v) is 6.46. The van der Waals surface area contributed by atoms with Crippen molar-refractivity contribution in [3.05, 3.63) is 83.1 Å². The molecule has 1 fully saturated rings. The van der Waals surface area contributed by atoms with Crippen molar-refractivity contribution < 1.29 is 22.3 Å². The van der Waals surface area contributed by atoms with Gasteiger partial charge in [-0.05, 0) is 49.6 Å². The Balaban J connectivity index is 1.32. The number of aryl methyl sites for hydroxylation is 1. The number of methoxy groups -OCH3 is 1. The quantitative estimate of drug-likeness (QED) is 0.271. The number of ether oxygens (including phenoxy) is 1. The maximum Gasteiger partial charge on any atom is 0.435 e. The van der Waals surface area contributed by atoms with Crippen molar-refractivity contribution in [3.8, 4) is 23.0 Å². The maximum absolute atomic E-state index is 13.0. The van der Waals surface area contributed by atoms with E-state index < -0.39 is 11.9 Å². The van der Waals surface area contributed by atoms with E-state index >= 15 is 0 Å². The number of hydrogen-bond acceptors (Lipinski definition) is 6. The molecule has 1 aliphatic rings. The lowest BCUT2D eigenvalue weighted by atomic mass is 10.0. The third-order valence-electron chi connectivity index (χ3n) is 6.46. The number of fused-ring (bicyclic) bond motifs is 1. The van der Waals surface area contributed by atoms with Crippen LogP contribution in [-0.4, -0.2) is 31.8 Å². The Kier molecular flexibility index (Phi) is 5.47. The third kappa shape index (κ3) is 4.32. The van der Waals surface area contributed by atoms with Gasteiger partial charge in [0.25, 0.3) is 0 Å². The molecule has 0 aliphatic heterocycles. The summed E-state index contributed by atoms with van der Waals surface area (Å²) in [5.41, 5.74) is 4.90. The van der Waals surface area contributed by atoms with E-state index in [1.165, 1.54) is 11.0 Å². The van der Waals surface area contributed by atoms with Gasteiger partial charge in [-0.3, -0.25) is 0 Å². The molecule has 0 N–H and O–H groups in total. The van der Waals surface area contributed by atoms with Gasteiger partial charge in [0.1, 0.15) is 17.4 Å². The second-order valence-electron chi connectivity index (χ2n) is 9.13. The Morgan fingerprint density at radius 2 is 1.86 bits per heavy atom. The molecule has 0 radical (unpaired) electrons. The average molecular weight is 506 g/mol. The van der Waals surface area contributed by atoms with Gasteiger partial charge in [-0.25, -0.2) is 19.6 Å². The summed E-state index contributed by atoms with van der Waals surface area (Å²) < 4.78 is 52.2. The molecule has 10 heteroatoms. The van der Waals surface area contributed by atoms with Crippen molar-refractivity contribution >= 4 is 11.1 Å². The van der Waals surface area contributed by atoms with E-state index in [-0.39, 0.29) is 0 Å². The van der Waals surface area contributed by atoms with Gasteiger partial charge in [-0.2, -0.15) is 18.3 Å². The Labute approximate surface area is 210 Å². The number of benzene rings is 2. The second kappa shape index (κ2) is 8.72. The molecule has 5 aromatic rings. The van der Waals surface area contributed by atoms with Crippen molar-refractivity contribution in [1.29, 1.82) is 0 Å². The van der Waals surface area contributed by atoms with Crippen molar-refractivity contribution in [2.24, 2.45) is 0 Å². The average Bonchev–Trinajstić information content (AvgIpc) is 3.51. The van der Waals surface area contributed by atoms with Gasteiger partial charge < -0.3 is 9.15 Å². The zero-order valence-corrected chi connectivity index (χ0v) is 20.1. The second-order valence-corrected chi connectivity index (χ2v) is 9.13. The number of para-hydroxylation sites is 1. The molecule has 3 heterocycles. The summed E-state index contributed by atoms with van der Waals surface area (Å²) >= 11 is 0. The highest BCUT2D eigenvalue weighted by Gasteiger charge is 2.35. The number of aromatic nitrogens is 5. The topological polar surface area (TPSA) is 78.9 Å². The van der Waals surface area contributed by atoms with E-state index in [0.717, 1.165) is 35.7 Å². The number of rotatable bonds is 6. The highest BCUT2D eigenvalue weighted by molar-refractivity contribution is 5.81. The minimum atomic E-state index is -4.49. The minimum absolute atomic E-state index is 0.352. The first kappa shape index (κ1) is 23.2. The Morgan fingerprint density at radius 1 is 1.08 bits per heavy atom. The van der Waals surface area contributed by atoms with Gasteiger partial charge in [0, 0.05) is 23.6 Å². The summed E-state index contributed by atoms with van der Waals surface area (Å²) in [4.78, 5) is 13.5. The van der Waals surface area contributed by atoms with Gasteiger partial charge in [0.05, 0.1) is 18.5 Å². The zero-order chi connectivity index (χ0) is 25.7.